The summed E-state index contributed by atoms with van der Waals surface area (Å²) < 4.78 is 26.1. The van der Waals surface area contributed by atoms with E-state index in [0.29, 0.717) is 0 Å². The molecule has 128 valence electrons. The number of rotatable bonds is 5. The highest BCUT2D eigenvalue weighted by molar-refractivity contribution is 5.94. The monoisotopic (exact) mass is 325 g/mol. The molecule has 6 heteroatoms. The first-order valence-electron chi connectivity index (χ1n) is 8.23. The number of hydrogen-bond donors (Lipinski definition) is 1. The van der Waals surface area contributed by atoms with Crippen molar-refractivity contribution < 1.29 is 13.6 Å². The molecule has 1 amide bonds. The maximum absolute atomic E-state index is 13.2. The van der Waals surface area contributed by atoms with Gasteiger partial charge in [-0.3, -0.25) is 9.69 Å². The van der Waals surface area contributed by atoms with Crippen molar-refractivity contribution in [3.05, 3.63) is 29.8 Å². The topological polar surface area (TPSA) is 35.6 Å². The Morgan fingerprint density at radius 2 is 2.00 bits per heavy atom. The van der Waals surface area contributed by atoms with E-state index in [1.165, 1.54) is 6.07 Å². The summed E-state index contributed by atoms with van der Waals surface area (Å²) in [7, 11) is 0. The summed E-state index contributed by atoms with van der Waals surface area (Å²) in [4.78, 5) is 16.9. The lowest BCUT2D eigenvalue weighted by Gasteiger charge is -2.27. The number of benzene rings is 1. The normalized spacial score (nSPS) is 18.4. The second-order valence-corrected chi connectivity index (χ2v) is 6.03. The van der Waals surface area contributed by atoms with Crippen LogP contribution in [0.2, 0.25) is 0 Å². The molecule has 0 unspecified atom stereocenters. The summed E-state index contributed by atoms with van der Waals surface area (Å²) in [6, 6.07) is 3.09. The van der Waals surface area contributed by atoms with Gasteiger partial charge in [0.25, 0.3) is 0 Å². The van der Waals surface area contributed by atoms with Crippen LogP contribution in [-0.2, 0) is 4.79 Å². The largest absolute Gasteiger partial charge is 0.325 e. The number of amides is 1. The molecule has 1 aromatic rings. The van der Waals surface area contributed by atoms with Gasteiger partial charge in [0.15, 0.2) is 11.6 Å². The van der Waals surface area contributed by atoms with E-state index in [4.69, 9.17) is 0 Å². The van der Waals surface area contributed by atoms with Crippen LogP contribution in [0.4, 0.5) is 14.5 Å². The van der Waals surface area contributed by atoms with Crippen LogP contribution >= 0.6 is 0 Å². The average molecular weight is 325 g/mol. The molecule has 1 aromatic carbocycles. The Balaban J connectivity index is 1.92. The SMILES string of the molecule is CCCN1CCCN([C@H](C)C(=O)Nc2ccc(F)c(F)c2)CC1. The fourth-order valence-corrected chi connectivity index (χ4v) is 2.90. The molecule has 0 bridgehead atoms. The van der Waals surface area contributed by atoms with Crippen molar-refractivity contribution >= 4 is 11.6 Å². The zero-order chi connectivity index (χ0) is 16.8. The Bertz CT molecular complexity index is 539. The molecule has 0 spiro atoms. The van der Waals surface area contributed by atoms with Crippen LogP contribution < -0.4 is 5.32 Å². The van der Waals surface area contributed by atoms with Crippen molar-refractivity contribution in [3.63, 3.8) is 0 Å². The lowest BCUT2D eigenvalue weighted by atomic mass is 10.2. The fourth-order valence-electron chi connectivity index (χ4n) is 2.90. The molecule has 0 aromatic heterocycles. The molecule has 23 heavy (non-hydrogen) atoms. The smallest absolute Gasteiger partial charge is 0.241 e. The van der Waals surface area contributed by atoms with Gasteiger partial charge in [-0.1, -0.05) is 6.92 Å². The van der Waals surface area contributed by atoms with Gasteiger partial charge in [0, 0.05) is 31.4 Å². The van der Waals surface area contributed by atoms with Crippen LogP contribution in [-0.4, -0.2) is 54.5 Å². The second kappa shape index (κ2) is 8.36. The minimum atomic E-state index is -0.958. The molecule has 1 atom stereocenters. The lowest BCUT2D eigenvalue weighted by molar-refractivity contribution is -0.120. The molecule has 1 saturated heterocycles. The fraction of sp³-hybridized carbons (Fsp3) is 0.588. The Morgan fingerprint density at radius 3 is 2.70 bits per heavy atom. The molecular formula is C17H25F2N3O. The van der Waals surface area contributed by atoms with Crippen LogP contribution in [0, 0.1) is 11.6 Å². The minimum absolute atomic E-state index is 0.194. The number of nitrogens with one attached hydrogen (secondary N) is 1. The van der Waals surface area contributed by atoms with Gasteiger partial charge in [-0.25, -0.2) is 8.78 Å². The average Bonchev–Trinajstić information content (AvgIpc) is 2.76. The highest BCUT2D eigenvalue weighted by Gasteiger charge is 2.24. The third-order valence-electron chi connectivity index (χ3n) is 4.28. The Labute approximate surface area is 136 Å². The molecule has 2 rings (SSSR count). The van der Waals surface area contributed by atoms with Crippen molar-refractivity contribution in [3.8, 4) is 0 Å². The van der Waals surface area contributed by atoms with Gasteiger partial charge in [-0.2, -0.15) is 0 Å². The van der Waals surface area contributed by atoms with Crippen LogP contribution in [0.15, 0.2) is 18.2 Å². The van der Waals surface area contributed by atoms with Gasteiger partial charge < -0.3 is 10.2 Å². The first-order valence-corrected chi connectivity index (χ1v) is 8.23. The van der Waals surface area contributed by atoms with Crippen molar-refractivity contribution in [2.45, 2.75) is 32.7 Å². The maximum atomic E-state index is 13.2. The zero-order valence-electron chi connectivity index (χ0n) is 13.8. The molecule has 0 saturated carbocycles. The van der Waals surface area contributed by atoms with Crippen LogP contribution in [0.25, 0.3) is 0 Å². The first-order chi connectivity index (χ1) is 11.0. The number of nitrogens with zero attached hydrogens (tertiary/aromatic N) is 2. The predicted molar refractivity (Wildman–Crippen MR) is 87.4 cm³/mol. The van der Waals surface area contributed by atoms with E-state index in [2.05, 4.69) is 22.0 Å². The molecule has 4 nitrogen and oxygen atoms in total. The highest BCUT2D eigenvalue weighted by atomic mass is 19.2. The molecule has 1 aliphatic heterocycles. The van der Waals surface area contributed by atoms with Gasteiger partial charge in [0.2, 0.25) is 5.91 Å². The number of halogens is 2. The maximum Gasteiger partial charge on any atom is 0.241 e. The van der Waals surface area contributed by atoms with E-state index in [-0.39, 0.29) is 17.6 Å². The number of carbonyl (C=O) groups excluding carboxylic acids is 1. The molecule has 1 heterocycles. The van der Waals surface area contributed by atoms with Gasteiger partial charge in [-0.15, -0.1) is 0 Å². The van der Waals surface area contributed by atoms with Crippen molar-refractivity contribution in [2.75, 3.05) is 38.0 Å². The van der Waals surface area contributed by atoms with Crippen molar-refractivity contribution in [1.82, 2.24) is 9.80 Å². The van der Waals surface area contributed by atoms with Crippen LogP contribution in [0.5, 0.6) is 0 Å². The van der Waals surface area contributed by atoms with E-state index in [0.717, 1.165) is 57.7 Å². The summed E-state index contributed by atoms with van der Waals surface area (Å²) in [5.41, 5.74) is 0.281. The number of anilines is 1. The molecule has 0 aliphatic carbocycles. The predicted octanol–water partition coefficient (Wildman–Crippen LogP) is 2.71. The summed E-state index contributed by atoms with van der Waals surface area (Å²) in [5, 5.41) is 2.66. The quantitative estimate of drug-likeness (QED) is 0.904. The lowest BCUT2D eigenvalue weighted by Crippen LogP contribution is -2.44. The third-order valence-corrected chi connectivity index (χ3v) is 4.28. The Hall–Kier alpha value is -1.53. The van der Waals surface area contributed by atoms with Crippen LogP contribution in [0.1, 0.15) is 26.7 Å². The van der Waals surface area contributed by atoms with E-state index in [1.54, 1.807) is 0 Å². The summed E-state index contributed by atoms with van der Waals surface area (Å²) in [6.07, 6.45) is 2.16. The number of carbonyl (C=O) groups is 1. The van der Waals surface area contributed by atoms with Gasteiger partial charge in [0.1, 0.15) is 0 Å². The van der Waals surface area contributed by atoms with Crippen molar-refractivity contribution in [2.24, 2.45) is 0 Å². The van der Waals surface area contributed by atoms with E-state index >= 15 is 0 Å². The summed E-state index contributed by atoms with van der Waals surface area (Å²) in [5.74, 6) is -2.07. The van der Waals surface area contributed by atoms with Gasteiger partial charge >= 0.3 is 0 Å². The minimum Gasteiger partial charge on any atom is -0.325 e. The molecule has 1 aliphatic rings. The standard InChI is InChI=1S/C17H25F2N3O/c1-3-7-21-8-4-9-22(11-10-21)13(2)17(23)20-14-5-6-15(18)16(19)12-14/h5-6,12-13H,3-4,7-11H2,1-2H3,(H,20,23)/t13-/m1/s1. The van der Waals surface area contributed by atoms with E-state index in [1.807, 2.05) is 6.92 Å². The molecule has 1 fully saturated rings. The summed E-state index contributed by atoms with van der Waals surface area (Å²) >= 11 is 0. The van der Waals surface area contributed by atoms with Gasteiger partial charge in [0.05, 0.1) is 6.04 Å². The van der Waals surface area contributed by atoms with Crippen molar-refractivity contribution in [1.29, 1.82) is 0 Å². The van der Waals surface area contributed by atoms with E-state index in [9.17, 15) is 13.6 Å². The van der Waals surface area contributed by atoms with Gasteiger partial charge in [-0.05, 0) is 45.0 Å². The molecule has 0 radical (unpaired) electrons. The summed E-state index contributed by atoms with van der Waals surface area (Å²) in [6.45, 7) is 8.83. The molecular weight excluding hydrogens is 300 g/mol. The number of hydrogen-bond acceptors (Lipinski definition) is 3. The molecule has 1 N–H and O–H groups in total. The van der Waals surface area contributed by atoms with Crippen LogP contribution in [0.3, 0.4) is 0 Å². The Kier molecular flexibility index (Phi) is 6.47. The third kappa shape index (κ3) is 4.97. The second-order valence-electron chi connectivity index (χ2n) is 6.03. The van der Waals surface area contributed by atoms with E-state index < -0.39 is 11.6 Å². The highest BCUT2D eigenvalue weighted by Crippen LogP contribution is 2.15. The first kappa shape index (κ1) is 17.8. The zero-order valence-corrected chi connectivity index (χ0v) is 13.8. The Morgan fingerprint density at radius 1 is 1.22 bits per heavy atom.